The van der Waals surface area contributed by atoms with Crippen molar-refractivity contribution in [1.82, 2.24) is 15.6 Å². The van der Waals surface area contributed by atoms with Crippen molar-refractivity contribution in [3.63, 3.8) is 0 Å². The number of anilines is 1. The van der Waals surface area contributed by atoms with Crippen LogP contribution in [0, 0.1) is 6.92 Å². The summed E-state index contributed by atoms with van der Waals surface area (Å²) in [6.45, 7) is 8.19. The molecule has 1 aliphatic heterocycles. The zero-order valence-electron chi connectivity index (χ0n) is 21.4. The first-order valence-electron chi connectivity index (χ1n) is 12.6. The Kier molecular flexibility index (Phi) is 10.2. The summed E-state index contributed by atoms with van der Waals surface area (Å²) in [6.07, 6.45) is 1.58. The number of nitrogens with one attached hydrogen (secondary N) is 3. The zero-order chi connectivity index (χ0) is 26.7. The topological polar surface area (TPSA) is 95.1 Å². The zero-order valence-corrected chi connectivity index (χ0v) is 23.0. The van der Waals surface area contributed by atoms with Gasteiger partial charge in [0.25, 0.3) is 11.8 Å². The lowest BCUT2D eigenvalue weighted by molar-refractivity contribution is 0.0384. The Morgan fingerprint density at radius 1 is 1.00 bits per heavy atom. The summed E-state index contributed by atoms with van der Waals surface area (Å²) in [4.78, 5) is 28.2. The second-order valence-corrected chi connectivity index (χ2v) is 10.00. The van der Waals surface area contributed by atoms with Crippen molar-refractivity contribution in [2.45, 2.75) is 13.5 Å². The van der Waals surface area contributed by atoms with Crippen molar-refractivity contribution in [3.8, 4) is 0 Å². The number of benzene rings is 3. The number of rotatable bonds is 10. The van der Waals surface area contributed by atoms with Gasteiger partial charge in [0.1, 0.15) is 0 Å². The molecule has 1 heterocycles. The Balaban J connectivity index is 1.31. The molecule has 38 heavy (non-hydrogen) atoms. The summed E-state index contributed by atoms with van der Waals surface area (Å²) in [5, 5.41) is 10.4. The average molecular weight is 579 g/mol. The molecule has 0 unspecified atom stereocenters. The number of ether oxygens (including phenoxy) is 1. The van der Waals surface area contributed by atoms with Crippen molar-refractivity contribution in [1.29, 1.82) is 0 Å². The SMILES string of the molecule is Cc1ccc(/C=N/NC(=O)c2cc(Br)ccc2NC(=O)c2ccc(CNCCN3CCOCC3)cc2)cc1. The number of carbonyl (C=O) groups is 2. The van der Waals surface area contributed by atoms with Crippen LogP contribution in [-0.4, -0.2) is 62.3 Å². The predicted octanol–water partition coefficient (Wildman–Crippen LogP) is 4.20. The molecule has 9 heteroatoms. The van der Waals surface area contributed by atoms with E-state index in [0.717, 1.165) is 62.6 Å². The predicted molar refractivity (Wildman–Crippen MR) is 154 cm³/mol. The minimum Gasteiger partial charge on any atom is -0.379 e. The summed E-state index contributed by atoms with van der Waals surface area (Å²) in [7, 11) is 0. The minimum atomic E-state index is -0.427. The molecule has 1 saturated heterocycles. The third kappa shape index (κ3) is 8.32. The van der Waals surface area contributed by atoms with Gasteiger partial charge in [0, 0.05) is 42.8 Å². The van der Waals surface area contributed by atoms with Crippen LogP contribution in [0.5, 0.6) is 0 Å². The number of hydrogen-bond acceptors (Lipinski definition) is 6. The molecule has 198 valence electrons. The lowest BCUT2D eigenvalue weighted by atomic mass is 10.1. The van der Waals surface area contributed by atoms with Gasteiger partial charge in [0.2, 0.25) is 0 Å². The van der Waals surface area contributed by atoms with Crippen molar-refractivity contribution >= 4 is 39.6 Å². The van der Waals surface area contributed by atoms with E-state index in [0.29, 0.717) is 21.3 Å². The standard InChI is InChI=1S/C29H32BrN5O3/c1-21-2-4-23(5-3-21)20-32-34-29(37)26-18-25(30)10-11-27(26)33-28(36)24-8-6-22(7-9-24)19-31-12-13-35-14-16-38-17-15-35/h2-11,18,20,31H,12-17,19H2,1H3,(H,33,36)(H,34,37)/b32-20+. The summed E-state index contributed by atoms with van der Waals surface area (Å²) < 4.78 is 6.09. The lowest BCUT2D eigenvalue weighted by Crippen LogP contribution is -2.40. The molecular weight excluding hydrogens is 546 g/mol. The smallest absolute Gasteiger partial charge is 0.273 e. The quantitative estimate of drug-likeness (QED) is 0.191. The first-order valence-corrected chi connectivity index (χ1v) is 13.4. The number of morpholine rings is 1. The molecule has 1 aliphatic rings. The summed E-state index contributed by atoms with van der Waals surface area (Å²) in [5.41, 5.74) is 6.86. The van der Waals surface area contributed by atoms with Crippen molar-refractivity contribution in [3.05, 3.63) is 99.0 Å². The molecule has 0 spiro atoms. The molecule has 0 atom stereocenters. The number of nitrogens with zero attached hydrogens (tertiary/aromatic N) is 2. The van der Waals surface area contributed by atoms with E-state index in [1.54, 1.807) is 36.5 Å². The van der Waals surface area contributed by atoms with Gasteiger partial charge in [-0.2, -0.15) is 5.10 Å². The summed E-state index contributed by atoms with van der Waals surface area (Å²) >= 11 is 3.40. The van der Waals surface area contributed by atoms with Gasteiger partial charge < -0.3 is 15.4 Å². The van der Waals surface area contributed by atoms with Gasteiger partial charge >= 0.3 is 0 Å². The van der Waals surface area contributed by atoms with Crippen molar-refractivity contribution in [2.75, 3.05) is 44.7 Å². The number of carbonyl (C=O) groups excluding carboxylic acids is 2. The van der Waals surface area contributed by atoms with Gasteiger partial charge in [0.05, 0.1) is 30.7 Å². The normalized spacial score (nSPS) is 13.9. The fourth-order valence-electron chi connectivity index (χ4n) is 3.95. The lowest BCUT2D eigenvalue weighted by Gasteiger charge is -2.26. The summed E-state index contributed by atoms with van der Waals surface area (Å²) in [6, 6.07) is 20.3. The van der Waals surface area contributed by atoms with Crippen molar-refractivity contribution < 1.29 is 14.3 Å². The van der Waals surface area contributed by atoms with Crippen LogP contribution < -0.4 is 16.1 Å². The Morgan fingerprint density at radius 2 is 1.74 bits per heavy atom. The van der Waals surface area contributed by atoms with E-state index in [1.807, 2.05) is 43.3 Å². The molecule has 0 radical (unpaired) electrons. The molecule has 0 aromatic heterocycles. The third-order valence-electron chi connectivity index (χ3n) is 6.19. The molecule has 3 N–H and O–H groups in total. The maximum atomic E-state index is 12.9. The second-order valence-electron chi connectivity index (χ2n) is 9.08. The van der Waals surface area contributed by atoms with E-state index < -0.39 is 5.91 Å². The van der Waals surface area contributed by atoms with E-state index >= 15 is 0 Å². The molecule has 4 rings (SSSR count). The molecular formula is C29H32BrN5O3. The van der Waals surface area contributed by atoms with E-state index in [1.165, 1.54) is 0 Å². The first kappa shape index (κ1) is 27.7. The minimum absolute atomic E-state index is 0.295. The van der Waals surface area contributed by atoms with Crippen molar-refractivity contribution in [2.24, 2.45) is 5.10 Å². The number of hydrogen-bond donors (Lipinski definition) is 3. The molecule has 8 nitrogen and oxygen atoms in total. The van der Waals surface area contributed by atoms with E-state index in [-0.39, 0.29) is 5.91 Å². The number of hydrazone groups is 1. The van der Waals surface area contributed by atoms with Gasteiger partial charge in [-0.25, -0.2) is 5.43 Å². The largest absolute Gasteiger partial charge is 0.379 e. The van der Waals surface area contributed by atoms with Crippen LogP contribution >= 0.6 is 15.9 Å². The van der Waals surface area contributed by atoms with Crippen LogP contribution in [0.2, 0.25) is 0 Å². The molecule has 0 saturated carbocycles. The third-order valence-corrected chi connectivity index (χ3v) is 6.68. The Hall–Kier alpha value is -3.37. The van der Waals surface area contributed by atoms with Gasteiger partial charge in [0.15, 0.2) is 0 Å². The number of amides is 2. The van der Waals surface area contributed by atoms with Gasteiger partial charge in [-0.05, 0) is 48.4 Å². The van der Waals surface area contributed by atoms with Crippen LogP contribution in [0.1, 0.15) is 37.4 Å². The van der Waals surface area contributed by atoms with Gasteiger partial charge in [-0.1, -0.05) is 57.9 Å². The summed E-state index contributed by atoms with van der Waals surface area (Å²) in [5.74, 6) is -0.722. The Bertz CT molecular complexity index is 1260. The van der Waals surface area contributed by atoms with Crippen LogP contribution in [0.3, 0.4) is 0 Å². The Morgan fingerprint density at radius 3 is 2.47 bits per heavy atom. The molecule has 0 bridgehead atoms. The van der Waals surface area contributed by atoms with E-state index in [9.17, 15) is 9.59 Å². The fraction of sp³-hybridized carbons (Fsp3) is 0.276. The maximum absolute atomic E-state index is 12.9. The van der Waals surface area contributed by atoms with Crippen LogP contribution in [0.15, 0.2) is 76.3 Å². The first-order chi connectivity index (χ1) is 18.5. The highest BCUT2D eigenvalue weighted by Crippen LogP contribution is 2.22. The van der Waals surface area contributed by atoms with Crippen LogP contribution in [0.4, 0.5) is 5.69 Å². The number of aryl methyl sites for hydroxylation is 1. The monoisotopic (exact) mass is 577 g/mol. The maximum Gasteiger partial charge on any atom is 0.273 e. The van der Waals surface area contributed by atoms with E-state index in [4.69, 9.17) is 4.74 Å². The fourth-order valence-corrected chi connectivity index (χ4v) is 4.32. The Labute approximate surface area is 231 Å². The van der Waals surface area contributed by atoms with Gasteiger partial charge in [-0.15, -0.1) is 0 Å². The van der Waals surface area contributed by atoms with Crippen LogP contribution in [-0.2, 0) is 11.3 Å². The highest BCUT2D eigenvalue weighted by Gasteiger charge is 2.15. The highest BCUT2D eigenvalue weighted by molar-refractivity contribution is 9.10. The average Bonchev–Trinajstić information content (AvgIpc) is 2.94. The second kappa shape index (κ2) is 14.0. The van der Waals surface area contributed by atoms with Crippen LogP contribution in [0.25, 0.3) is 0 Å². The highest BCUT2D eigenvalue weighted by atomic mass is 79.9. The molecule has 2 amide bonds. The molecule has 3 aromatic carbocycles. The number of halogens is 1. The molecule has 0 aliphatic carbocycles. The van der Waals surface area contributed by atoms with E-state index in [2.05, 4.69) is 42.0 Å². The molecule has 1 fully saturated rings. The van der Waals surface area contributed by atoms with Gasteiger partial charge in [-0.3, -0.25) is 14.5 Å². The molecule has 3 aromatic rings.